The van der Waals surface area contributed by atoms with Crippen molar-refractivity contribution in [2.75, 3.05) is 6.54 Å². The highest BCUT2D eigenvalue weighted by Crippen LogP contribution is 2.18. The number of carboxylic acid groups (broad SMARTS) is 1. The zero-order valence-electron chi connectivity index (χ0n) is 34.9. The van der Waals surface area contributed by atoms with Gasteiger partial charge in [0.15, 0.2) is 0 Å². The zero-order chi connectivity index (χ0) is 38.7. The van der Waals surface area contributed by atoms with Crippen molar-refractivity contribution in [3.8, 4) is 0 Å². The molecule has 0 bridgehead atoms. The van der Waals surface area contributed by atoms with E-state index < -0.39 is 5.97 Å². The molecule has 0 saturated carbocycles. The van der Waals surface area contributed by atoms with Gasteiger partial charge in [-0.25, -0.2) is 0 Å². The maximum atomic E-state index is 12.8. The van der Waals surface area contributed by atoms with E-state index in [1.54, 1.807) is 0 Å². The first-order valence-electron chi connectivity index (χ1n) is 22.6. The maximum Gasteiger partial charge on any atom is 0.322 e. The average molecular weight is 744 g/mol. The van der Waals surface area contributed by atoms with Gasteiger partial charge in [-0.2, -0.15) is 0 Å². The number of carbonyl (C=O) groups is 3. The molecule has 1 unspecified atom stereocenters. The number of aliphatic carboxylic acids is 1. The highest BCUT2D eigenvalue weighted by Gasteiger charge is 2.14. The molecule has 0 spiro atoms. The van der Waals surface area contributed by atoms with Crippen LogP contribution in [0.15, 0.2) is 36.5 Å². The van der Waals surface area contributed by atoms with Gasteiger partial charge >= 0.3 is 11.9 Å². The van der Waals surface area contributed by atoms with Gasteiger partial charge in [-0.3, -0.25) is 14.4 Å². The number of carboxylic acids is 1. The predicted molar refractivity (Wildman–Crippen MR) is 226 cm³/mol. The molecule has 308 valence electrons. The molecule has 0 fully saturated rings. The third-order valence-corrected chi connectivity index (χ3v) is 10.0. The summed E-state index contributed by atoms with van der Waals surface area (Å²) in [5.74, 6) is -1.25. The van der Waals surface area contributed by atoms with E-state index in [-0.39, 0.29) is 24.5 Å². The first-order valence-corrected chi connectivity index (χ1v) is 22.6. The summed E-state index contributed by atoms with van der Waals surface area (Å²) in [4.78, 5) is 35.1. The van der Waals surface area contributed by atoms with Crippen LogP contribution in [0.3, 0.4) is 0 Å². The predicted octanol–water partition coefficient (Wildman–Crippen LogP) is 14.1. The lowest BCUT2D eigenvalue weighted by Gasteiger charge is -2.18. The van der Waals surface area contributed by atoms with Crippen LogP contribution in [0.25, 0.3) is 0 Å². The largest absolute Gasteiger partial charge is 0.480 e. The Bertz CT molecular complexity index is 911. The van der Waals surface area contributed by atoms with Crippen LogP contribution >= 0.6 is 0 Å². The van der Waals surface area contributed by atoms with Gasteiger partial charge in [-0.15, -0.1) is 0 Å². The molecule has 0 aliphatic rings. The molecule has 1 atom stereocenters. The van der Waals surface area contributed by atoms with Crippen LogP contribution in [0.4, 0.5) is 0 Å². The minimum absolute atomic E-state index is 0.00831. The maximum absolute atomic E-state index is 12.8. The fourth-order valence-corrected chi connectivity index (χ4v) is 6.66. The summed E-state index contributed by atoms with van der Waals surface area (Å²) < 4.78 is 6.02. The lowest BCUT2D eigenvalue weighted by atomic mass is 10.0. The van der Waals surface area contributed by atoms with Crippen LogP contribution in [-0.4, -0.2) is 35.6 Å². The smallest absolute Gasteiger partial charge is 0.322 e. The highest BCUT2D eigenvalue weighted by atomic mass is 16.5. The van der Waals surface area contributed by atoms with Crippen LogP contribution in [0, 0.1) is 0 Å². The summed E-state index contributed by atoms with van der Waals surface area (Å²) >= 11 is 0. The van der Waals surface area contributed by atoms with Gasteiger partial charge in [0.05, 0.1) is 0 Å². The minimum atomic E-state index is -1.02. The Morgan fingerprint density at radius 1 is 0.491 bits per heavy atom. The molecule has 0 aromatic heterocycles. The van der Waals surface area contributed by atoms with Gasteiger partial charge < -0.3 is 15.2 Å². The number of nitrogens with one attached hydrogen (secondary N) is 1. The number of carbonyl (C=O) groups excluding carboxylic acids is 2. The molecular formula is C47H85NO5. The Balaban J connectivity index is 4.18. The van der Waals surface area contributed by atoms with E-state index in [4.69, 9.17) is 9.84 Å². The molecule has 0 aromatic carbocycles. The normalized spacial score (nSPS) is 12.3. The molecule has 0 aromatic rings. The number of allylic oxidation sites excluding steroid dienone is 6. The van der Waals surface area contributed by atoms with Crippen molar-refractivity contribution in [1.29, 1.82) is 0 Å². The summed E-state index contributed by atoms with van der Waals surface area (Å²) in [6.07, 6.45) is 52.7. The summed E-state index contributed by atoms with van der Waals surface area (Å²) in [7, 11) is 0. The second-order valence-corrected chi connectivity index (χ2v) is 15.3. The summed E-state index contributed by atoms with van der Waals surface area (Å²) in [5.41, 5.74) is 0. The van der Waals surface area contributed by atoms with E-state index in [0.717, 1.165) is 77.0 Å². The molecule has 1 amide bonds. The molecule has 0 rings (SSSR count). The summed E-state index contributed by atoms with van der Waals surface area (Å²) in [6, 6.07) is 0. The molecule has 2 N–H and O–H groups in total. The lowest BCUT2D eigenvalue weighted by molar-refractivity contribution is -0.150. The second-order valence-electron chi connectivity index (χ2n) is 15.3. The van der Waals surface area contributed by atoms with Crippen molar-refractivity contribution in [2.45, 2.75) is 238 Å². The third kappa shape index (κ3) is 42.2. The second kappa shape index (κ2) is 42.4. The molecular weight excluding hydrogens is 659 g/mol. The number of ether oxygens (including phenoxy) is 1. The van der Waals surface area contributed by atoms with Crippen LogP contribution < -0.4 is 5.32 Å². The number of hydrogen-bond donors (Lipinski definition) is 2. The van der Waals surface area contributed by atoms with E-state index in [1.165, 1.54) is 128 Å². The van der Waals surface area contributed by atoms with Gasteiger partial charge in [0.25, 0.3) is 0 Å². The van der Waals surface area contributed by atoms with Crippen LogP contribution in [0.5, 0.6) is 0 Å². The fourth-order valence-electron chi connectivity index (χ4n) is 6.66. The number of esters is 1. The van der Waals surface area contributed by atoms with Crippen LogP contribution in [0.1, 0.15) is 232 Å². The standard InChI is InChI=1S/C47H85NO5/c1-3-5-7-9-11-13-15-17-18-19-20-21-23-25-27-29-34-38-42-47(52)53-44(40-36-32-30-33-37-41-45(49)48-43-46(50)51)39-35-31-28-26-24-22-16-14-12-10-8-6-4-2/h13,15,18-19,26,28,44H,3-12,14,16-17,20-25,27,29-43H2,1-2H3,(H,48,49)(H,50,51)/b15-13-,19-18-,28-26-. The van der Waals surface area contributed by atoms with Gasteiger partial charge in [0.1, 0.15) is 12.6 Å². The summed E-state index contributed by atoms with van der Waals surface area (Å²) in [5, 5.41) is 11.1. The Kier molecular flexibility index (Phi) is 40.5. The Labute approximate surface area is 327 Å². The third-order valence-electron chi connectivity index (χ3n) is 10.0. The van der Waals surface area contributed by atoms with Crippen LogP contribution in [-0.2, 0) is 19.1 Å². The number of hydrogen-bond acceptors (Lipinski definition) is 4. The van der Waals surface area contributed by atoms with Crippen molar-refractivity contribution >= 4 is 17.8 Å². The zero-order valence-corrected chi connectivity index (χ0v) is 34.9. The SMILES string of the molecule is CCCCCC/C=C\C/C=C\CCCCCCCCCC(=O)OC(CCC/C=C\CCCCCCCCCC)CCCCCCCC(=O)NCC(=O)O. The van der Waals surface area contributed by atoms with Gasteiger partial charge in [-0.1, -0.05) is 166 Å². The lowest BCUT2D eigenvalue weighted by Crippen LogP contribution is -2.28. The molecule has 0 saturated heterocycles. The number of rotatable bonds is 41. The van der Waals surface area contributed by atoms with E-state index in [9.17, 15) is 14.4 Å². The van der Waals surface area contributed by atoms with Crippen molar-refractivity contribution in [2.24, 2.45) is 0 Å². The van der Waals surface area contributed by atoms with Gasteiger partial charge in [0.2, 0.25) is 5.91 Å². The molecule has 6 nitrogen and oxygen atoms in total. The van der Waals surface area contributed by atoms with E-state index in [1.807, 2.05) is 0 Å². The van der Waals surface area contributed by atoms with E-state index in [0.29, 0.717) is 12.8 Å². The number of unbranched alkanes of at least 4 members (excludes halogenated alkanes) is 24. The first-order chi connectivity index (χ1) is 26.0. The van der Waals surface area contributed by atoms with Crippen molar-refractivity contribution in [3.05, 3.63) is 36.5 Å². The summed E-state index contributed by atoms with van der Waals surface area (Å²) in [6.45, 7) is 4.21. The van der Waals surface area contributed by atoms with Crippen molar-refractivity contribution < 1.29 is 24.2 Å². The Morgan fingerprint density at radius 3 is 1.42 bits per heavy atom. The number of amides is 1. The molecule has 0 aliphatic heterocycles. The van der Waals surface area contributed by atoms with Crippen molar-refractivity contribution in [3.63, 3.8) is 0 Å². The van der Waals surface area contributed by atoms with Gasteiger partial charge in [-0.05, 0) is 89.9 Å². The Morgan fingerprint density at radius 2 is 0.887 bits per heavy atom. The monoisotopic (exact) mass is 744 g/mol. The quantitative estimate of drug-likeness (QED) is 0.0369. The average Bonchev–Trinajstić information content (AvgIpc) is 3.14. The minimum Gasteiger partial charge on any atom is -0.480 e. The molecule has 0 aliphatic carbocycles. The first kappa shape index (κ1) is 50.6. The molecule has 6 heteroatoms. The highest BCUT2D eigenvalue weighted by molar-refractivity contribution is 5.80. The van der Waals surface area contributed by atoms with Crippen molar-refractivity contribution in [1.82, 2.24) is 5.32 Å². The Hall–Kier alpha value is -2.37. The van der Waals surface area contributed by atoms with E-state index >= 15 is 0 Å². The molecule has 0 radical (unpaired) electrons. The fraction of sp³-hybridized carbons (Fsp3) is 0.809. The molecule has 53 heavy (non-hydrogen) atoms. The topological polar surface area (TPSA) is 92.7 Å². The molecule has 0 heterocycles. The van der Waals surface area contributed by atoms with Gasteiger partial charge in [0, 0.05) is 12.8 Å². The van der Waals surface area contributed by atoms with Crippen LogP contribution in [0.2, 0.25) is 0 Å². The van der Waals surface area contributed by atoms with E-state index in [2.05, 4.69) is 55.6 Å².